The summed E-state index contributed by atoms with van der Waals surface area (Å²) in [6, 6.07) is 14.2. The Morgan fingerprint density at radius 2 is 1.76 bits per heavy atom. The predicted molar refractivity (Wildman–Crippen MR) is 108 cm³/mol. The van der Waals surface area contributed by atoms with Crippen molar-refractivity contribution in [3.8, 4) is 0 Å². The van der Waals surface area contributed by atoms with E-state index >= 15 is 0 Å². The van der Waals surface area contributed by atoms with Crippen molar-refractivity contribution in [3.05, 3.63) is 70.3 Å². The zero-order chi connectivity index (χ0) is 21.1. The molecule has 0 heterocycles. The first-order valence-electron chi connectivity index (χ1n) is 9.21. The third kappa shape index (κ3) is 7.97. The molecule has 9 nitrogen and oxygen atoms in total. The molecular formula is C20H24N4O5. The lowest BCUT2D eigenvalue weighted by molar-refractivity contribution is -0.384. The molecule has 29 heavy (non-hydrogen) atoms. The number of anilines is 1. The summed E-state index contributed by atoms with van der Waals surface area (Å²) in [6.45, 7) is 0.630. The molecule has 0 radical (unpaired) electrons. The molecule has 2 aromatic rings. The molecule has 2 amide bonds. The lowest BCUT2D eigenvalue weighted by atomic mass is 10.1. The Balaban J connectivity index is 1.58. The largest absolute Gasteiger partial charge is 0.445 e. The van der Waals surface area contributed by atoms with Gasteiger partial charge in [0.15, 0.2) is 0 Å². The van der Waals surface area contributed by atoms with E-state index in [1.165, 1.54) is 24.3 Å². The van der Waals surface area contributed by atoms with E-state index in [1.54, 1.807) is 0 Å². The number of nitro benzene ring substituents is 1. The summed E-state index contributed by atoms with van der Waals surface area (Å²) >= 11 is 0. The van der Waals surface area contributed by atoms with Crippen molar-refractivity contribution in [3.63, 3.8) is 0 Å². The smallest absolute Gasteiger partial charge is 0.407 e. The third-order valence-corrected chi connectivity index (χ3v) is 4.11. The Labute approximate surface area is 168 Å². The van der Waals surface area contributed by atoms with E-state index in [4.69, 9.17) is 10.5 Å². The third-order valence-electron chi connectivity index (χ3n) is 4.11. The van der Waals surface area contributed by atoms with Gasteiger partial charge in [0, 0.05) is 24.4 Å². The van der Waals surface area contributed by atoms with Gasteiger partial charge in [0.05, 0.1) is 11.0 Å². The van der Waals surface area contributed by atoms with E-state index in [1.807, 2.05) is 30.3 Å². The van der Waals surface area contributed by atoms with E-state index in [0.29, 0.717) is 31.5 Å². The number of nitrogens with one attached hydrogen (secondary N) is 2. The minimum absolute atomic E-state index is 0.0536. The quantitative estimate of drug-likeness (QED) is 0.319. The second-order valence-corrected chi connectivity index (χ2v) is 6.38. The fraction of sp³-hybridized carbons (Fsp3) is 0.300. The highest BCUT2D eigenvalue weighted by Crippen LogP contribution is 2.15. The molecule has 0 unspecified atom stereocenters. The predicted octanol–water partition coefficient (Wildman–Crippen LogP) is 2.96. The molecule has 9 heteroatoms. The summed E-state index contributed by atoms with van der Waals surface area (Å²) in [5, 5.41) is 15.9. The van der Waals surface area contributed by atoms with E-state index in [0.717, 1.165) is 5.56 Å². The second-order valence-electron chi connectivity index (χ2n) is 6.38. The molecule has 0 fully saturated rings. The van der Waals surface area contributed by atoms with Gasteiger partial charge in [-0.15, -0.1) is 0 Å². The number of ether oxygens (including phenoxy) is 1. The van der Waals surface area contributed by atoms with E-state index in [-0.39, 0.29) is 18.2 Å². The van der Waals surface area contributed by atoms with Crippen LogP contribution in [0.25, 0.3) is 0 Å². The van der Waals surface area contributed by atoms with E-state index in [9.17, 15) is 19.7 Å². The van der Waals surface area contributed by atoms with Gasteiger partial charge in [-0.25, -0.2) is 4.79 Å². The highest BCUT2D eigenvalue weighted by molar-refractivity contribution is 5.94. The number of unbranched alkanes of at least 4 members (excludes halogenated alkanes) is 1. The zero-order valence-corrected chi connectivity index (χ0v) is 15.9. The maximum Gasteiger partial charge on any atom is 0.407 e. The monoisotopic (exact) mass is 400 g/mol. The molecule has 0 saturated heterocycles. The number of alkyl carbamates (subject to hydrolysis) is 1. The number of carbonyl (C=O) groups is 2. The molecule has 2 aromatic carbocycles. The van der Waals surface area contributed by atoms with Gasteiger partial charge in [0.1, 0.15) is 6.61 Å². The highest BCUT2D eigenvalue weighted by atomic mass is 16.6. The number of rotatable bonds is 10. The average Bonchev–Trinajstić information content (AvgIpc) is 2.73. The number of hydrogen-bond acceptors (Lipinski definition) is 6. The van der Waals surface area contributed by atoms with Gasteiger partial charge in [-0.2, -0.15) is 0 Å². The van der Waals surface area contributed by atoms with Crippen molar-refractivity contribution in [1.82, 2.24) is 5.32 Å². The Kier molecular flexibility index (Phi) is 8.58. The van der Waals surface area contributed by atoms with Gasteiger partial charge in [-0.3, -0.25) is 14.9 Å². The Morgan fingerprint density at radius 1 is 1.07 bits per heavy atom. The van der Waals surface area contributed by atoms with Crippen molar-refractivity contribution < 1.29 is 19.2 Å². The molecule has 4 N–H and O–H groups in total. The number of amides is 2. The maximum atomic E-state index is 12.1. The molecule has 0 saturated carbocycles. The maximum absolute atomic E-state index is 12.1. The molecule has 2 rings (SSSR count). The summed E-state index contributed by atoms with van der Waals surface area (Å²) in [5.74, 6) is -0.367. The van der Waals surface area contributed by atoms with E-state index in [2.05, 4.69) is 10.6 Å². The summed E-state index contributed by atoms with van der Waals surface area (Å²) in [6.07, 6.45) is 1.25. The van der Waals surface area contributed by atoms with Crippen LogP contribution in [0.3, 0.4) is 0 Å². The molecule has 0 aromatic heterocycles. The van der Waals surface area contributed by atoms with Crippen LogP contribution in [0.4, 0.5) is 16.2 Å². The van der Waals surface area contributed by atoms with Gasteiger partial charge in [0.25, 0.3) is 5.69 Å². The lowest BCUT2D eigenvalue weighted by Crippen LogP contribution is -2.35. The molecule has 0 bridgehead atoms. The standard InChI is InChI=1S/C20H24N4O5/c21-18(19(25)23-16-9-11-17(12-10-16)24(27)28)8-4-5-13-22-20(26)29-14-15-6-2-1-3-7-15/h1-3,6-7,9-12,18H,4-5,8,13-14,21H2,(H,22,26)(H,23,25)/t18-/m0/s1. The molecule has 0 aliphatic rings. The first kappa shape index (κ1) is 21.8. The van der Waals surface area contributed by atoms with Crippen LogP contribution in [0, 0.1) is 10.1 Å². The van der Waals surface area contributed by atoms with Crippen LogP contribution in [0.15, 0.2) is 54.6 Å². The number of benzene rings is 2. The molecular weight excluding hydrogens is 376 g/mol. The van der Waals surface area contributed by atoms with Gasteiger partial charge in [-0.05, 0) is 37.0 Å². The Morgan fingerprint density at radius 3 is 2.41 bits per heavy atom. The number of hydrogen-bond donors (Lipinski definition) is 3. The highest BCUT2D eigenvalue weighted by Gasteiger charge is 2.14. The minimum Gasteiger partial charge on any atom is -0.445 e. The number of nitrogens with two attached hydrogens (primary N) is 1. The van der Waals surface area contributed by atoms with Gasteiger partial charge >= 0.3 is 6.09 Å². The Bertz CT molecular complexity index is 811. The number of nitrogens with zero attached hydrogens (tertiary/aromatic N) is 1. The van der Waals surface area contributed by atoms with Crippen LogP contribution in [-0.2, 0) is 16.1 Å². The number of nitro groups is 1. The molecule has 1 atom stereocenters. The minimum atomic E-state index is -0.713. The van der Waals surface area contributed by atoms with Crippen LogP contribution >= 0.6 is 0 Å². The van der Waals surface area contributed by atoms with Crippen molar-refractivity contribution in [2.75, 3.05) is 11.9 Å². The van der Waals surface area contributed by atoms with Crippen LogP contribution in [0.5, 0.6) is 0 Å². The van der Waals surface area contributed by atoms with Crippen molar-refractivity contribution >= 4 is 23.4 Å². The second kappa shape index (κ2) is 11.4. The van der Waals surface area contributed by atoms with Gasteiger partial charge in [0.2, 0.25) is 5.91 Å². The van der Waals surface area contributed by atoms with Gasteiger partial charge in [-0.1, -0.05) is 30.3 Å². The van der Waals surface area contributed by atoms with Crippen molar-refractivity contribution in [2.45, 2.75) is 31.9 Å². The summed E-state index contributed by atoms with van der Waals surface area (Å²) in [5.41, 5.74) is 7.16. The van der Waals surface area contributed by atoms with Gasteiger partial charge < -0.3 is 21.1 Å². The molecule has 0 aliphatic carbocycles. The first-order chi connectivity index (χ1) is 14.0. The molecule has 0 aliphatic heterocycles. The summed E-state index contributed by atoms with van der Waals surface area (Å²) in [4.78, 5) is 33.8. The van der Waals surface area contributed by atoms with Crippen LogP contribution in [-0.4, -0.2) is 29.5 Å². The topological polar surface area (TPSA) is 137 Å². The normalized spacial score (nSPS) is 11.3. The number of non-ortho nitro benzene ring substituents is 1. The van der Waals surface area contributed by atoms with Crippen LogP contribution < -0.4 is 16.4 Å². The van der Waals surface area contributed by atoms with Crippen LogP contribution in [0.2, 0.25) is 0 Å². The fourth-order valence-corrected chi connectivity index (χ4v) is 2.49. The summed E-state index contributed by atoms with van der Waals surface area (Å²) in [7, 11) is 0. The van der Waals surface area contributed by atoms with Crippen molar-refractivity contribution in [2.24, 2.45) is 5.73 Å². The van der Waals surface area contributed by atoms with E-state index < -0.39 is 17.1 Å². The lowest BCUT2D eigenvalue weighted by Gasteiger charge is -2.12. The molecule has 154 valence electrons. The first-order valence-corrected chi connectivity index (χ1v) is 9.21. The number of carbonyl (C=O) groups excluding carboxylic acids is 2. The average molecular weight is 400 g/mol. The Hall–Kier alpha value is -3.46. The van der Waals surface area contributed by atoms with Crippen LogP contribution in [0.1, 0.15) is 24.8 Å². The van der Waals surface area contributed by atoms with Crippen molar-refractivity contribution in [1.29, 1.82) is 0 Å². The SMILES string of the molecule is N[C@@H](CCCCNC(=O)OCc1ccccc1)C(=O)Nc1ccc([N+](=O)[O-])cc1. The zero-order valence-electron chi connectivity index (χ0n) is 15.9. The fourth-order valence-electron chi connectivity index (χ4n) is 2.49. The molecule has 0 spiro atoms. The summed E-state index contributed by atoms with van der Waals surface area (Å²) < 4.78 is 5.10.